The number of benzene rings is 1. The smallest absolute Gasteiger partial charge is 0.159 e. The Hall–Kier alpha value is -3.42. The molecule has 130 valence electrons. The van der Waals surface area contributed by atoms with Gasteiger partial charge in [-0.25, -0.2) is 15.0 Å². The maximum absolute atomic E-state index is 4.46. The molecule has 0 spiro atoms. The Morgan fingerprint density at radius 1 is 1.04 bits per heavy atom. The Balaban J connectivity index is 1.48. The number of hydrogen-bond acceptors (Lipinski definition) is 6. The van der Waals surface area contributed by atoms with Crippen molar-refractivity contribution in [2.45, 2.75) is 19.9 Å². The first-order valence-corrected chi connectivity index (χ1v) is 8.31. The van der Waals surface area contributed by atoms with Crippen LogP contribution in [-0.2, 0) is 20.0 Å². The van der Waals surface area contributed by atoms with Gasteiger partial charge in [0, 0.05) is 43.5 Å². The molecule has 0 saturated heterocycles. The third-order valence-corrected chi connectivity index (χ3v) is 4.13. The molecule has 0 amide bonds. The van der Waals surface area contributed by atoms with Crippen molar-refractivity contribution in [1.29, 1.82) is 0 Å². The van der Waals surface area contributed by atoms with Gasteiger partial charge in [0.1, 0.15) is 17.8 Å². The second kappa shape index (κ2) is 6.83. The molecular weight excluding hydrogens is 328 g/mol. The van der Waals surface area contributed by atoms with Gasteiger partial charge in [0.05, 0.1) is 6.20 Å². The summed E-state index contributed by atoms with van der Waals surface area (Å²) in [6.45, 7) is 2.74. The van der Waals surface area contributed by atoms with Gasteiger partial charge >= 0.3 is 0 Å². The lowest BCUT2D eigenvalue weighted by molar-refractivity contribution is 0.561. The lowest BCUT2D eigenvalue weighted by Gasteiger charge is -2.02. The molecule has 0 saturated carbocycles. The van der Waals surface area contributed by atoms with Gasteiger partial charge in [-0.05, 0) is 13.0 Å². The van der Waals surface area contributed by atoms with Crippen LogP contribution >= 0.6 is 0 Å². The number of hydrogen-bond donors (Lipinski definition) is 0. The topological polar surface area (TPSA) is 87.2 Å². The maximum Gasteiger partial charge on any atom is 0.159 e. The Morgan fingerprint density at radius 3 is 2.62 bits per heavy atom. The zero-order chi connectivity index (χ0) is 17.9. The molecule has 3 heterocycles. The Morgan fingerprint density at radius 2 is 1.88 bits per heavy atom. The number of aromatic nitrogens is 8. The van der Waals surface area contributed by atoms with Crippen LogP contribution in [0.15, 0.2) is 49.2 Å². The predicted molar refractivity (Wildman–Crippen MR) is 95.9 cm³/mol. The molecule has 0 bridgehead atoms. The van der Waals surface area contributed by atoms with E-state index in [0.717, 1.165) is 29.1 Å². The van der Waals surface area contributed by atoms with Crippen molar-refractivity contribution < 1.29 is 0 Å². The first-order valence-electron chi connectivity index (χ1n) is 8.31. The summed E-state index contributed by atoms with van der Waals surface area (Å²) in [6.07, 6.45) is 7.74. The number of aryl methyl sites for hydroxylation is 4. The van der Waals surface area contributed by atoms with Gasteiger partial charge in [-0.3, -0.25) is 9.36 Å². The molecule has 0 fully saturated rings. The Kier molecular flexibility index (Phi) is 4.22. The van der Waals surface area contributed by atoms with Crippen molar-refractivity contribution in [3.8, 4) is 22.6 Å². The highest BCUT2D eigenvalue weighted by Crippen LogP contribution is 2.19. The number of nitrogens with zero attached hydrogens (tertiary/aromatic N) is 8. The normalized spacial score (nSPS) is 11.0. The van der Waals surface area contributed by atoms with E-state index in [1.54, 1.807) is 28.1 Å². The fourth-order valence-electron chi connectivity index (χ4n) is 2.69. The third kappa shape index (κ3) is 3.34. The summed E-state index contributed by atoms with van der Waals surface area (Å²) in [5, 5.41) is 12.4. The first-order chi connectivity index (χ1) is 12.7. The standard InChI is InChI=1S/C18H18N8/c1-13-4-3-5-14(8-13)18-19-9-15(10-20-18)16-11-26(24-23-16)7-6-17-21-12-22-25(17)2/h3-5,8-12H,6-7H2,1-2H3. The van der Waals surface area contributed by atoms with Gasteiger partial charge in [-0.2, -0.15) is 5.10 Å². The lowest BCUT2D eigenvalue weighted by atomic mass is 10.1. The average Bonchev–Trinajstić information content (AvgIpc) is 3.29. The minimum absolute atomic E-state index is 0.682. The van der Waals surface area contributed by atoms with Crippen molar-refractivity contribution >= 4 is 0 Å². The Bertz CT molecular complexity index is 1020. The van der Waals surface area contributed by atoms with Crippen molar-refractivity contribution in [2.24, 2.45) is 7.05 Å². The van der Waals surface area contributed by atoms with Crippen LogP contribution < -0.4 is 0 Å². The van der Waals surface area contributed by atoms with Crippen molar-refractivity contribution in [1.82, 2.24) is 39.7 Å². The molecule has 26 heavy (non-hydrogen) atoms. The van der Waals surface area contributed by atoms with Crippen LogP contribution in [-0.4, -0.2) is 39.7 Å². The first kappa shape index (κ1) is 16.1. The van der Waals surface area contributed by atoms with Crippen molar-refractivity contribution in [3.63, 3.8) is 0 Å². The van der Waals surface area contributed by atoms with Crippen LogP contribution in [0.4, 0.5) is 0 Å². The molecule has 8 heteroatoms. The molecule has 0 atom stereocenters. The molecule has 0 N–H and O–H groups in total. The molecule has 1 aromatic carbocycles. The van der Waals surface area contributed by atoms with E-state index in [1.165, 1.54) is 5.56 Å². The summed E-state index contributed by atoms with van der Waals surface area (Å²) in [5.74, 6) is 1.61. The summed E-state index contributed by atoms with van der Waals surface area (Å²) in [5.41, 5.74) is 3.77. The van der Waals surface area contributed by atoms with Gasteiger partial charge in [-0.1, -0.05) is 29.0 Å². The van der Waals surface area contributed by atoms with E-state index in [0.29, 0.717) is 12.4 Å². The van der Waals surface area contributed by atoms with Gasteiger partial charge in [0.15, 0.2) is 5.82 Å². The molecule has 8 nitrogen and oxygen atoms in total. The van der Waals surface area contributed by atoms with E-state index in [-0.39, 0.29) is 0 Å². The van der Waals surface area contributed by atoms with Crippen LogP contribution in [0.2, 0.25) is 0 Å². The summed E-state index contributed by atoms with van der Waals surface area (Å²) in [4.78, 5) is 13.1. The quantitative estimate of drug-likeness (QED) is 0.550. The van der Waals surface area contributed by atoms with Gasteiger partial charge in [-0.15, -0.1) is 5.10 Å². The van der Waals surface area contributed by atoms with Crippen LogP contribution in [0.1, 0.15) is 11.4 Å². The monoisotopic (exact) mass is 346 g/mol. The minimum atomic E-state index is 0.682. The van der Waals surface area contributed by atoms with E-state index in [4.69, 9.17) is 0 Å². The van der Waals surface area contributed by atoms with Gasteiger partial charge in [0.25, 0.3) is 0 Å². The minimum Gasteiger partial charge on any atom is -0.253 e. The SMILES string of the molecule is Cc1cccc(-c2ncc(-c3cn(CCc4ncnn4C)nn3)cn2)c1. The second-order valence-electron chi connectivity index (χ2n) is 6.08. The van der Waals surface area contributed by atoms with Crippen LogP contribution in [0, 0.1) is 6.92 Å². The second-order valence-corrected chi connectivity index (χ2v) is 6.08. The fourth-order valence-corrected chi connectivity index (χ4v) is 2.69. The zero-order valence-corrected chi connectivity index (χ0v) is 14.6. The average molecular weight is 346 g/mol. The lowest BCUT2D eigenvalue weighted by Crippen LogP contribution is -2.07. The largest absolute Gasteiger partial charge is 0.253 e. The van der Waals surface area contributed by atoms with E-state index >= 15 is 0 Å². The van der Waals surface area contributed by atoms with Crippen LogP contribution in [0.25, 0.3) is 22.6 Å². The molecule has 0 aliphatic heterocycles. The summed E-state index contributed by atoms with van der Waals surface area (Å²) in [7, 11) is 1.88. The molecule has 0 radical (unpaired) electrons. The molecule has 0 aliphatic rings. The van der Waals surface area contributed by atoms with Gasteiger partial charge in [0.2, 0.25) is 0 Å². The highest BCUT2D eigenvalue weighted by atomic mass is 15.4. The van der Waals surface area contributed by atoms with Gasteiger partial charge < -0.3 is 0 Å². The molecule has 0 unspecified atom stereocenters. The van der Waals surface area contributed by atoms with Crippen LogP contribution in [0.3, 0.4) is 0 Å². The van der Waals surface area contributed by atoms with E-state index in [9.17, 15) is 0 Å². The van der Waals surface area contributed by atoms with E-state index in [2.05, 4.69) is 49.4 Å². The Labute approximate surface area is 150 Å². The summed E-state index contributed by atoms with van der Waals surface area (Å²) >= 11 is 0. The fraction of sp³-hybridized carbons (Fsp3) is 0.222. The summed E-state index contributed by atoms with van der Waals surface area (Å²) < 4.78 is 3.55. The molecular formula is C18H18N8. The molecule has 3 aromatic heterocycles. The van der Waals surface area contributed by atoms with Crippen LogP contribution in [0.5, 0.6) is 0 Å². The summed E-state index contributed by atoms with van der Waals surface area (Å²) in [6, 6.07) is 8.13. The predicted octanol–water partition coefficient (Wildman–Crippen LogP) is 2.08. The highest BCUT2D eigenvalue weighted by Gasteiger charge is 2.08. The van der Waals surface area contributed by atoms with Crippen molar-refractivity contribution in [2.75, 3.05) is 0 Å². The van der Waals surface area contributed by atoms with Crippen molar-refractivity contribution in [3.05, 3.63) is 60.6 Å². The molecule has 0 aliphatic carbocycles. The highest BCUT2D eigenvalue weighted by molar-refractivity contribution is 5.60. The third-order valence-electron chi connectivity index (χ3n) is 4.13. The van der Waals surface area contributed by atoms with E-state index in [1.807, 2.05) is 25.4 Å². The molecule has 4 rings (SSSR count). The maximum atomic E-state index is 4.46. The zero-order valence-electron chi connectivity index (χ0n) is 14.6. The van der Waals surface area contributed by atoms with E-state index < -0.39 is 0 Å². The molecule has 4 aromatic rings. The number of rotatable bonds is 5.